The third kappa shape index (κ3) is 5.45. The van der Waals surface area contributed by atoms with E-state index in [1.54, 1.807) is 35.5 Å². The van der Waals surface area contributed by atoms with E-state index in [0.717, 1.165) is 6.42 Å². The molecular formula is C21H24ClN3O3. The zero-order chi connectivity index (χ0) is 19.8. The van der Waals surface area contributed by atoms with E-state index in [2.05, 4.69) is 4.98 Å². The summed E-state index contributed by atoms with van der Waals surface area (Å²) in [5, 5.41) is 0.569. The van der Waals surface area contributed by atoms with Crippen molar-refractivity contribution < 1.29 is 14.3 Å². The number of carbonyl (C=O) groups excluding carboxylic acids is 2. The second-order valence-electron chi connectivity index (χ2n) is 6.65. The summed E-state index contributed by atoms with van der Waals surface area (Å²) >= 11 is 6.05. The molecule has 2 heterocycles. The molecule has 2 amide bonds. The average molecular weight is 402 g/mol. The molecule has 1 aliphatic rings. The number of rotatable bonds is 6. The molecule has 1 fully saturated rings. The average Bonchev–Trinajstić information content (AvgIpc) is 2.99. The van der Waals surface area contributed by atoms with E-state index >= 15 is 0 Å². The van der Waals surface area contributed by atoms with Gasteiger partial charge < -0.3 is 14.5 Å². The summed E-state index contributed by atoms with van der Waals surface area (Å²) in [5.41, 5.74) is 0.582. The van der Waals surface area contributed by atoms with Crippen LogP contribution in [0, 0.1) is 0 Å². The van der Waals surface area contributed by atoms with Crippen molar-refractivity contribution in [2.75, 3.05) is 32.8 Å². The summed E-state index contributed by atoms with van der Waals surface area (Å²) in [6.45, 7) is 2.84. The largest absolute Gasteiger partial charge is 0.492 e. The lowest BCUT2D eigenvalue weighted by atomic mass is 10.2. The predicted octanol–water partition coefficient (Wildman–Crippen LogP) is 3.27. The number of hydrogen-bond donors (Lipinski definition) is 0. The summed E-state index contributed by atoms with van der Waals surface area (Å²) in [4.78, 5) is 32.7. The lowest BCUT2D eigenvalue weighted by molar-refractivity contribution is -0.131. The van der Waals surface area contributed by atoms with Crippen LogP contribution in [0.1, 0.15) is 29.6 Å². The van der Waals surface area contributed by atoms with Crippen LogP contribution in [0.3, 0.4) is 0 Å². The molecule has 2 aromatic rings. The van der Waals surface area contributed by atoms with Gasteiger partial charge in [0, 0.05) is 45.0 Å². The minimum atomic E-state index is -0.0319. The third-order valence-corrected chi connectivity index (χ3v) is 4.99. The van der Waals surface area contributed by atoms with Gasteiger partial charge in [0.15, 0.2) is 0 Å². The number of hydrogen-bond acceptors (Lipinski definition) is 4. The van der Waals surface area contributed by atoms with Crippen molar-refractivity contribution in [2.24, 2.45) is 0 Å². The standard InChI is InChI=1S/C21H24ClN3O3/c22-18-7-1-2-8-19(18)28-15-4-9-20(26)24-11-5-12-25(14-13-24)21(27)17-6-3-10-23-16-17/h1-3,6-8,10,16H,4-5,9,11-15H2. The number of benzene rings is 1. The zero-order valence-corrected chi connectivity index (χ0v) is 16.5. The number of carbonyl (C=O) groups is 2. The van der Waals surface area contributed by atoms with Gasteiger partial charge in [0.2, 0.25) is 5.91 Å². The Labute approximate surface area is 170 Å². The second-order valence-corrected chi connectivity index (χ2v) is 7.06. The Hall–Kier alpha value is -2.60. The Morgan fingerprint density at radius 3 is 2.61 bits per heavy atom. The van der Waals surface area contributed by atoms with Gasteiger partial charge in [-0.1, -0.05) is 23.7 Å². The third-order valence-electron chi connectivity index (χ3n) is 4.67. The molecule has 28 heavy (non-hydrogen) atoms. The molecule has 1 aromatic heterocycles. The van der Waals surface area contributed by atoms with Crippen molar-refractivity contribution in [3.8, 4) is 5.75 Å². The Kier molecular flexibility index (Phi) is 7.25. The first-order valence-corrected chi connectivity index (χ1v) is 9.87. The van der Waals surface area contributed by atoms with Gasteiger partial charge in [-0.05, 0) is 37.1 Å². The Balaban J connectivity index is 1.43. The van der Waals surface area contributed by atoms with Gasteiger partial charge in [-0.3, -0.25) is 14.6 Å². The van der Waals surface area contributed by atoms with Gasteiger partial charge in [0.25, 0.3) is 5.91 Å². The topological polar surface area (TPSA) is 62.7 Å². The van der Waals surface area contributed by atoms with Crippen molar-refractivity contribution in [1.82, 2.24) is 14.8 Å². The number of para-hydroxylation sites is 1. The molecule has 0 spiro atoms. The van der Waals surface area contributed by atoms with Gasteiger partial charge in [0.1, 0.15) is 5.75 Å². The van der Waals surface area contributed by atoms with Crippen LogP contribution >= 0.6 is 11.6 Å². The monoisotopic (exact) mass is 401 g/mol. The fourth-order valence-corrected chi connectivity index (χ4v) is 3.36. The van der Waals surface area contributed by atoms with Crippen LogP contribution < -0.4 is 4.74 Å². The van der Waals surface area contributed by atoms with Crippen LogP contribution in [0.15, 0.2) is 48.8 Å². The van der Waals surface area contributed by atoms with Gasteiger partial charge in [-0.25, -0.2) is 0 Å². The van der Waals surface area contributed by atoms with E-state index in [4.69, 9.17) is 16.3 Å². The number of nitrogens with zero attached hydrogens (tertiary/aromatic N) is 3. The Morgan fingerprint density at radius 1 is 1.04 bits per heavy atom. The molecular weight excluding hydrogens is 378 g/mol. The van der Waals surface area contributed by atoms with Gasteiger partial charge in [-0.15, -0.1) is 0 Å². The first-order valence-electron chi connectivity index (χ1n) is 9.49. The highest BCUT2D eigenvalue weighted by molar-refractivity contribution is 6.32. The van der Waals surface area contributed by atoms with Crippen LogP contribution in [-0.2, 0) is 4.79 Å². The highest BCUT2D eigenvalue weighted by Gasteiger charge is 2.22. The van der Waals surface area contributed by atoms with Crippen molar-refractivity contribution >= 4 is 23.4 Å². The van der Waals surface area contributed by atoms with E-state index in [1.807, 2.05) is 23.1 Å². The smallest absolute Gasteiger partial charge is 0.255 e. The van der Waals surface area contributed by atoms with Crippen molar-refractivity contribution in [3.05, 3.63) is 59.4 Å². The van der Waals surface area contributed by atoms with E-state index in [0.29, 0.717) is 62.0 Å². The fraction of sp³-hybridized carbons (Fsp3) is 0.381. The minimum absolute atomic E-state index is 0.0319. The summed E-state index contributed by atoms with van der Waals surface area (Å²) < 4.78 is 5.64. The molecule has 1 saturated heterocycles. The molecule has 7 heteroatoms. The van der Waals surface area contributed by atoms with Crippen LogP contribution in [0.25, 0.3) is 0 Å². The normalized spacial score (nSPS) is 14.5. The lowest BCUT2D eigenvalue weighted by Gasteiger charge is -2.22. The lowest BCUT2D eigenvalue weighted by Crippen LogP contribution is -2.37. The first kappa shape index (κ1) is 20.1. The van der Waals surface area contributed by atoms with Gasteiger partial charge in [0.05, 0.1) is 17.2 Å². The van der Waals surface area contributed by atoms with Crippen molar-refractivity contribution in [3.63, 3.8) is 0 Å². The predicted molar refractivity (Wildman–Crippen MR) is 108 cm³/mol. The maximum Gasteiger partial charge on any atom is 0.255 e. The molecule has 6 nitrogen and oxygen atoms in total. The van der Waals surface area contributed by atoms with Gasteiger partial charge >= 0.3 is 0 Å². The maximum absolute atomic E-state index is 12.6. The molecule has 1 aromatic carbocycles. The van der Waals surface area contributed by atoms with Crippen molar-refractivity contribution in [1.29, 1.82) is 0 Å². The van der Waals surface area contributed by atoms with E-state index in [9.17, 15) is 9.59 Å². The molecule has 3 rings (SSSR count). The highest BCUT2D eigenvalue weighted by atomic mass is 35.5. The molecule has 148 valence electrons. The summed E-state index contributed by atoms with van der Waals surface area (Å²) in [6.07, 6.45) is 5.04. The number of pyridine rings is 1. The summed E-state index contributed by atoms with van der Waals surface area (Å²) in [7, 11) is 0. The fourth-order valence-electron chi connectivity index (χ4n) is 3.17. The van der Waals surface area contributed by atoms with Crippen molar-refractivity contribution in [2.45, 2.75) is 19.3 Å². The van der Waals surface area contributed by atoms with Crippen LogP contribution in [0.4, 0.5) is 0 Å². The molecule has 1 aliphatic heterocycles. The van der Waals surface area contributed by atoms with E-state index in [1.165, 1.54) is 0 Å². The zero-order valence-electron chi connectivity index (χ0n) is 15.7. The number of amides is 2. The van der Waals surface area contributed by atoms with Crippen LogP contribution in [-0.4, -0.2) is 59.4 Å². The van der Waals surface area contributed by atoms with Crippen LogP contribution in [0.2, 0.25) is 5.02 Å². The molecule has 0 aliphatic carbocycles. The SMILES string of the molecule is O=C(CCCOc1ccccc1Cl)N1CCCN(C(=O)c2cccnc2)CC1. The number of ether oxygens (including phenoxy) is 1. The maximum atomic E-state index is 12.6. The molecule has 0 unspecified atom stereocenters. The Bertz CT molecular complexity index is 800. The van der Waals surface area contributed by atoms with E-state index in [-0.39, 0.29) is 11.8 Å². The van der Waals surface area contributed by atoms with Gasteiger partial charge in [-0.2, -0.15) is 0 Å². The molecule has 0 atom stereocenters. The second kappa shape index (κ2) is 10.1. The summed E-state index contributed by atoms with van der Waals surface area (Å²) in [5.74, 6) is 0.699. The van der Waals surface area contributed by atoms with E-state index < -0.39 is 0 Å². The Morgan fingerprint density at radius 2 is 1.82 bits per heavy atom. The molecule has 0 radical (unpaired) electrons. The molecule has 0 N–H and O–H groups in total. The minimum Gasteiger partial charge on any atom is -0.492 e. The first-order chi connectivity index (χ1) is 13.6. The summed E-state index contributed by atoms with van der Waals surface area (Å²) in [6, 6.07) is 10.8. The number of halogens is 1. The molecule has 0 bridgehead atoms. The number of aromatic nitrogens is 1. The van der Waals surface area contributed by atoms with Crippen LogP contribution in [0.5, 0.6) is 5.75 Å². The quantitative estimate of drug-likeness (QED) is 0.697. The molecule has 0 saturated carbocycles. The highest BCUT2D eigenvalue weighted by Crippen LogP contribution is 2.23.